The molecule has 0 amide bonds. The molecule has 2 heterocycles. The van der Waals surface area contributed by atoms with Crippen molar-refractivity contribution in [2.45, 2.75) is 97.6 Å². The van der Waals surface area contributed by atoms with E-state index in [4.69, 9.17) is 14.2 Å². The average molecular weight is 440 g/mol. The van der Waals surface area contributed by atoms with Gasteiger partial charge in [-0.05, 0) is 52.2 Å². The smallest absolute Gasteiger partial charge is 0.311 e. The first kappa shape index (κ1) is 26.0. The van der Waals surface area contributed by atoms with E-state index in [-0.39, 0.29) is 47.8 Å². The molecule has 1 fully saturated rings. The molecular weight excluding hydrogens is 398 g/mol. The largest absolute Gasteiger partial charge is 0.461 e. The summed E-state index contributed by atoms with van der Waals surface area (Å²) in [6.45, 7) is 11.5. The lowest BCUT2D eigenvalue weighted by Crippen LogP contribution is -2.55. The zero-order valence-electron chi connectivity index (χ0n) is 20.0. The summed E-state index contributed by atoms with van der Waals surface area (Å²) in [7, 11) is 1.80. The Morgan fingerprint density at radius 1 is 1.16 bits per heavy atom. The van der Waals surface area contributed by atoms with Crippen molar-refractivity contribution >= 4 is 11.8 Å². The third-order valence-electron chi connectivity index (χ3n) is 6.76. The van der Waals surface area contributed by atoms with Crippen molar-refractivity contribution in [3.05, 3.63) is 12.2 Å². The van der Waals surface area contributed by atoms with E-state index >= 15 is 0 Å². The van der Waals surface area contributed by atoms with Gasteiger partial charge in [-0.1, -0.05) is 33.8 Å². The third kappa shape index (κ3) is 6.60. The molecule has 0 radical (unpaired) electrons. The monoisotopic (exact) mass is 439 g/mol. The Hall–Kier alpha value is -1.28. The van der Waals surface area contributed by atoms with Gasteiger partial charge in [-0.2, -0.15) is 0 Å². The molecule has 0 aliphatic carbocycles. The Kier molecular flexibility index (Phi) is 9.67. The van der Waals surface area contributed by atoms with Gasteiger partial charge in [0.2, 0.25) is 0 Å². The van der Waals surface area contributed by atoms with Crippen LogP contribution in [0.25, 0.3) is 0 Å². The van der Waals surface area contributed by atoms with E-state index in [2.05, 4.69) is 5.32 Å². The molecule has 0 unspecified atom stereocenters. The van der Waals surface area contributed by atoms with Crippen molar-refractivity contribution in [3.63, 3.8) is 0 Å². The van der Waals surface area contributed by atoms with E-state index in [1.54, 1.807) is 20.0 Å². The Morgan fingerprint density at radius 3 is 2.45 bits per heavy atom. The topological polar surface area (TPSA) is 94.1 Å². The summed E-state index contributed by atoms with van der Waals surface area (Å²) in [5, 5.41) is 13.9. The molecule has 2 aliphatic heterocycles. The molecule has 10 atom stereocenters. The molecule has 0 spiro atoms. The second-order valence-corrected chi connectivity index (χ2v) is 9.44. The van der Waals surface area contributed by atoms with Crippen LogP contribution in [0.3, 0.4) is 0 Å². The maximum atomic E-state index is 13.0. The highest BCUT2D eigenvalue weighted by Gasteiger charge is 2.41. The molecule has 1 saturated heterocycles. The fourth-order valence-electron chi connectivity index (χ4n) is 4.65. The molecule has 7 heteroatoms. The molecule has 0 aromatic carbocycles. The number of carbonyl (C=O) groups is 2. The highest BCUT2D eigenvalue weighted by Crippen LogP contribution is 2.31. The van der Waals surface area contributed by atoms with Gasteiger partial charge in [-0.25, -0.2) is 0 Å². The van der Waals surface area contributed by atoms with Crippen LogP contribution >= 0.6 is 0 Å². The number of carbonyl (C=O) groups excluding carboxylic acids is 2. The van der Waals surface area contributed by atoms with Crippen molar-refractivity contribution in [2.75, 3.05) is 7.05 Å². The van der Waals surface area contributed by atoms with Crippen molar-refractivity contribution < 1.29 is 28.9 Å². The Labute approximate surface area is 186 Å². The van der Waals surface area contributed by atoms with E-state index in [1.165, 1.54) is 0 Å². The summed E-state index contributed by atoms with van der Waals surface area (Å²) in [4.78, 5) is 25.7. The van der Waals surface area contributed by atoms with Crippen LogP contribution in [0.2, 0.25) is 0 Å². The molecular formula is C24H41NO6. The lowest BCUT2D eigenvalue weighted by Gasteiger charge is -2.41. The van der Waals surface area contributed by atoms with E-state index < -0.39 is 24.4 Å². The number of cyclic esters (lactones) is 1. The standard InChI is InChI=1S/C24H41NO6/c1-8-20-13(2)9-10-19(26)14(3)11-15(4)22(17(6)23(28)30-20)31-24-21(27)18(25-7)12-16(5)29-24/h9-10,13-18,20-22,24-25,27H,8,11-12H2,1-7H3/t13-,14-,15+,16-,17-,18+,20-,21-,22+,24+/m1/s1. The molecule has 178 valence electrons. The average Bonchev–Trinajstić information content (AvgIpc) is 2.74. The van der Waals surface area contributed by atoms with Gasteiger partial charge in [-0.15, -0.1) is 0 Å². The molecule has 0 bridgehead atoms. The highest BCUT2D eigenvalue weighted by molar-refractivity contribution is 5.91. The summed E-state index contributed by atoms with van der Waals surface area (Å²) in [5.74, 6) is -1.21. The normalized spacial score (nSPS) is 43.1. The van der Waals surface area contributed by atoms with E-state index in [1.807, 2.05) is 40.7 Å². The van der Waals surface area contributed by atoms with Crippen LogP contribution in [0.4, 0.5) is 0 Å². The maximum absolute atomic E-state index is 13.0. The van der Waals surface area contributed by atoms with Gasteiger partial charge in [0.1, 0.15) is 12.2 Å². The van der Waals surface area contributed by atoms with Crippen LogP contribution in [0, 0.1) is 23.7 Å². The Morgan fingerprint density at radius 2 is 1.84 bits per heavy atom. The minimum absolute atomic E-state index is 0.0599. The van der Waals surface area contributed by atoms with Crippen molar-refractivity contribution in [2.24, 2.45) is 23.7 Å². The predicted octanol–water partition coefficient (Wildman–Crippen LogP) is 2.85. The predicted molar refractivity (Wildman–Crippen MR) is 118 cm³/mol. The summed E-state index contributed by atoms with van der Waals surface area (Å²) < 4.78 is 18.0. The van der Waals surface area contributed by atoms with Crippen molar-refractivity contribution in [3.8, 4) is 0 Å². The summed E-state index contributed by atoms with van der Waals surface area (Å²) in [5.41, 5.74) is 0. The molecule has 0 aromatic rings. The second-order valence-electron chi connectivity index (χ2n) is 9.44. The molecule has 0 saturated carbocycles. The van der Waals surface area contributed by atoms with Crippen molar-refractivity contribution in [1.29, 1.82) is 0 Å². The zero-order chi connectivity index (χ0) is 23.3. The first-order valence-corrected chi connectivity index (χ1v) is 11.7. The number of allylic oxidation sites excluding steroid dienone is 1. The molecule has 2 rings (SSSR count). The highest BCUT2D eigenvalue weighted by atomic mass is 16.7. The number of esters is 1. The first-order valence-electron chi connectivity index (χ1n) is 11.7. The lowest BCUT2D eigenvalue weighted by atomic mass is 9.84. The number of aliphatic hydroxyl groups excluding tert-OH is 1. The van der Waals surface area contributed by atoms with Crippen molar-refractivity contribution in [1.82, 2.24) is 5.32 Å². The summed E-state index contributed by atoms with van der Waals surface area (Å²) >= 11 is 0. The van der Waals surface area contributed by atoms with Gasteiger partial charge >= 0.3 is 5.97 Å². The summed E-state index contributed by atoms with van der Waals surface area (Å²) in [6.07, 6.45) is 2.67. The van der Waals surface area contributed by atoms with Crippen LogP contribution in [0.1, 0.15) is 60.8 Å². The fourth-order valence-corrected chi connectivity index (χ4v) is 4.65. The first-order chi connectivity index (χ1) is 14.6. The van der Waals surface area contributed by atoms with Gasteiger partial charge < -0.3 is 24.6 Å². The second kappa shape index (κ2) is 11.5. The van der Waals surface area contributed by atoms with E-state index in [0.717, 1.165) is 0 Å². The van der Waals surface area contributed by atoms with Crippen LogP contribution in [0.15, 0.2) is 12.2 Å². The van der Waals surface area contributed by atoms with Gasteiger partial charge in [0.05, 0.1) is 18.1 Å². The van der Waals surface area contributed by atoms with E-state index in [9.17, 15) is 14.7 Å². The van der Waals surface area contributed by atoms with Gasteiger partial charge in [-0.3, -0.25) is 9.59 Å². The number of nitrogens with one attached hydrogen (secondary N) is 1. The number of hydrogen-bond donors (Lipinski definition) is 2. The fraction of sp³-hybridized carbons (Fsp3) is 0.833. The number of rotatable bonds is 4. The molecule has 0 aromatic heterocycles. The van der Waals surface area contributed by atoms with Crippen LogP contribution < -0.4 is 5.32 Å². The van der Waals surface area contributed by atoms with Crippen LogP contribution in [-0.4, -0.2) is 60.7 Å². The van der Waals surface area contributed by atoms with Gasteiger partial charge in [0.15, 0.2) is 12.1 Å². The van der Waals surface area contributed by atoms with Crippen LogP contribution in [0.5, 0.6) is 0 Å². The van der Waals surface area contributed by atoms with Crippen LogP contribution in [-0.2, 0) is 23.8 Å². The zero-order valence-corrected chi connectivity index (χ0v) is 20.0. The molecule has 7 nitrogen and oxygen atoms in total. The van der Waals surface area contributed by atoms with E-state index in [0.29, 0.717) is 19.3 Å². The Bertz CT molecular complexity index is 638. The number of aliphatic hydroxyl groups is 1. The number of hydrogen-bond acceptors (Lipinski definition) is 7. The number of ether oxygens (including phenoxy) is 3. The van der Waals surface area contributed by atoms with Gasteiger partial charge in [0, 0.05) is 17.9 Å². The number of ketones is 1. The molecule has 2 aliphatic rings. The molecule has 2 N–H and O–H groups in total. The quantitative estimate of drug-likeness (QED) is 0.651. The van der Waals surface area contributed by atoms with Gasteiger partial charge in [0.25, 0.3) is 0 Å². The Balaban J connectivity index is 2.31. The maximum Gasteiger partial charge on any atom is 0.311 e. The molecule has 31 heavy (non-hydrogen) atoms. The SMILES string of the molecule is CC[C@H]1OC(=O)[C@H](C)[C@@H](O[C@@H]2O[C@H](C)C[C@H](NC)[C@H]2O)[C@@H](C)C[C@@H](C)C(=O)C=C[C@H]1C. The minimum Gasteiger partial charge on any atom is -0.461 e. The third-order valence-corrected chi connectivity index (χ3v) is 6.76. The minimum atomic E-state index is -0.858. The lowest BCUT2D eigenvalue weighted by molar-refractivity contribution is -0.272. The summed E-state index contributed by atoms with van der Waals surface area (Å²) in [6, 6.07) is -0.159. The number of likely N-dealkylation sites (N-methyl/N-ethyl adjacent to an activating group) is 1.